The first-order valence-electron chi connectivity index (χ1n) is 12.5. The average molecular weight is 452 g/mol. The largest absolute Gasteiger partial charge is 0.494 e. The van der Waals surface area contributed by atoms with Crippen molar-refractivity contribution in [1.82, 2.24) is 0 Å². The minimum atomic E-state index is -0.350. The zero-order chi connectivity index (χ0) is 23.2. The molecule has 2 atom stereocenters. The smallest absolute Gasteiger partial charge is 0.238 e. The number of carbonyl (C=O) groups is 2. The topological polar surface area (TPSA) is 46.6 Å². The molecule has 4 heteroatoms. The van der Waals surface area contributed by atoms with E-state index >= 15 is 0 Å². The van der Waals surface area contributed by atoms with Crippen molar-refractivity contribution in [2.75, 3.05) is 11.5 Å². The predicted octanol–water partition coefficient (Wildman–Crippen LogP) is 6.04. The molecule has 3 aromatic carbocycles. The van der Waals surface area contributed by atoms with Gasteiger partial charge in [0.25, 0.3) is 0 Å². The van der Waals surface area contributed by atoms with Crippen molar-refractivity contribution in [3.05, 3.63) is 95.1 Å². The molecular formula is C30H29NO3. The van der Waals surface area contributed by atoms with Crippen molar-refractivity contribution in [1.29, 1.82) is 0 Å². The highest BCUT2D eigenvalue weighted by Crippen LogP contribution is 2.61. The van der Waals surface area contributed by atoms with Gasteiger partial charge >= 0.3 is 0 Å². The van der Waals surface area contributed by atoms with Crippen LogP contribution in [0.4, 0.5) is 5.69 Å². The first-order valence-corrected chi connectivity index (χ1v) is 12.5. The van der Waals surface area contributed by atoms with Crippen LogP contribution < -0.4 is 9.64 Å². The molecule has 34 heavy (non-hydrogen) atoms. The molecule has 3 aliphatic carbocycles. The van der Waals surface area contributed by atoms with Crippen LogP contribution in [-0.2, 0) is 9.59 Å². The monoisotopic (exact) mass is 451 g/mol. The molecule has 0 N–H and O–H groups in total. The average Bonchev–Trinajstić information content (AvgIpc) is 3.15. The van der Waals surface area contributed by atoms with Crippen LogP contribution in [0.1, 0.15) is 66.7 Å². The summed E-state index contributed by atoms with van der Waals surface area (Å²) in [5.41, 5.74) is 5.42. The second kappa shape index (κ2) is 8.43. The van der Waals surface area contributed by atoms with Crippen LogP contribution in [0.25, 0.3) is 0 Å². The van der Waals surface area contributed by atoms with Gasteiger partial charge in [0.2, 0.25) is 11.8 Å². The fourth-order valence-electron chi connectivity index (χ4n) is 6.34. The number of hydrogen-bond acceptors (Lipinski definition) is 3. The molecule has 1 saturated heterocycles. The highest BCUT2D eigenvalue weighted by molar-refractivity contribution is 6.23. The SMILES string of the molecule is CCCCCCOc1ccc(N2C(=O)[C@@H]3C4c5ccccc5C(c5ccccc54)[C@@H]3C2=O)cc1. The highest BCUT2D eigenvalue weighted by Gasteiger charge is 2.61. The highest BCUT2D eigenvalue weighted by atomic mass is 16.5. The van der Waals surface area contributed by atoms with Crippen molar-refractivity contribution >= 4 is 17.5 Å². The number of amides is 2. The van der Waals surface area contributed by atoms with Crippen LogP contribution in [0.15, 0.2) is 72.8 Å². The molecule has 4 aliphatic rings. The number of carbonyl (C=O) groups excluding carboxylic acids is 2. The van der Waals surface area contributed by atoms with Crippen molar-refractivity contribution in [3.8, 4) is 5.75 Å². The Bertz CT molecular complexity index is 1130. The zero-order valence-corrected chi connectivity index (χ0v) is 19.4. The summed E-state index contributed by atoms with van der Waals surface area (Å²) in [6.07, 6.45) is 4.62. The second-order valence-electron chi connectivity index (χ2n) is 9.68. The Morgan fingerprint density at radius 1 is 0.676 bits per heavy atom. The Balaban J connectivity index is 1.30. The van der Waals surface area contributed by atoms with E-state index in [2.05, 4.69) is 31.2 Å². The molecule has 4 nitrogen and oxygen atoms in total. The number of hydrogen-bond donors (Lipinski definition) is 0. The lowest BCUT2D eigenvalue weighted by atomic mass is 9.55. The fraction of sp³-hybridized carbons (Fsp3) is 0.333. The molecule has 172 valence electrons. The lowest BCUT2D eigenvalue weighted by Gasteiger charge is -2.45. The Morgan fingerprint density at radius 2 is 1.18 bits per heavy atom. The molecular weight excluding hydrogens is 422 g/mol. The van der Waals surface area contributed by atoms with Crippen LogP contribution in [0.2, 0.25) is 0 Å². The van der Waals surface area contributed by atoms with Crippen molar-refractivity contribution in [2.45, 2.75) is 44.4 Å². The normalized spacial score (nSPS) is 24.1. The van der Waals surface area contributed by atoms with E-state index in [9.17, 15) is 9.59 Å². The minimum absolute atomic E-state index is 0.0745. The predicted molar refractivity (Wildman–Crippen MR) is 132 cm³/mol. The summed E-state index contributed by atoms with van der Waals surface area (Å²) in [6.45, 7) is 2.88. The molecule has 1 aliphatic heterocycles. The molecule has 0 radical (unpaired) electrons. The van der Waals surface area contributed by atoms with Gasteiger partial charge in [-0.25, -0.2) is 4.90 Å². The quantitative estimate of drug-likeness (QED) is 0.325. The second-order valence-corrected chi connectivity index (χ2v) is 9.68. The Kier molecular flexibility index (Phi) is 5.24. The van der Waals surface area contributed by atoms with Crippen LogP contribution >= 0.6 is 0 Å². The molecule has 0 unspecified atom stereocenters. The van der Waals surface area contributed by atoms with Gasteiger partial charge in [-0.1, -0.05) is 74.7 Å². The molecule has 7 rings (SSSR count). The van der Waals surface area contributed by atoms with Gasteiger partial charge in [0.05, 0.1) is 24.1 Å². The van der Waals surface area contributed by atoms with Gasteiger partial charge < -0.3 is 4.74 Å². The van der Waals surface area contributed by atoms with E-state index in [1.807, 2.05) is 48.5 Å². The van der Waals surface area contributed by atoms with E-state index < -0.39 is 0 Å². The van der Waals surface area contributed by atoms with E-state index in [1.165, 1.54) is 46.4 Å². The molecule has 0 saturated carbocycles. The standard InChI is InChI=1S/C30H29NO3/c1-2-3-4-9-18-34-20-16-14-19(15-17-20)31-29(32)27-25-21-10-5-6-11-22(21)26(28(27)30(31)33)24-13-8-7-12-23(24)25/h5-8,10-17,25-28H,2-4,9,18H2,1H3/t25?,26?,27-,28+. The van der Waals surface area contributed by atoms with Crippen molar-refractivity contribution < 1.29 is 14.3 Å². The third kappa shape index (κ3) is 3.12. The molecule has 2 bridgehead atoms. The summed E-state index contributed by atoms with van der Waals surface area (Å²) in [5.74, 6) is -0.237. The van der Waals surface area contributed by atoms with Crippen LogP contribution in [0.3, 0.4) is 0 Å². The van der Waals surface area contributed by atoms with E-state index in [1.54, 1.807) is 0 Å². The van der Waals surface area contributed by atoms with E-state index in [-0.39, 0.29) is 35.5 Å². The first kappa shape index (κ1) is 21.2. The van der Waals surface area contributed by atoms with Gasteiger partial charge in [-0.2, -0.15) is 0 Å². The maximum absolute atomic E-state index is 13.8. The number of anilines is 1. The Hall–Kier alpha value is -3.40. The fourth-order valence-corrected chi connectivity index (χ4v) is 6.34. The maximum Gasteiger partial charge on any atom is 0.238 e. The molecule has 0 spiro atoms. The number of rotatable bonds is 7. The van der Waals surface area contributed by atoms with Gasteiger partial charge in [-0.05, 0) is 52.9 Å². The van der Waals surface area contributed by atoms with Crippen LogP contribution in [-0.4, -0.2) is 18.4 Å². The number of imide groups is 1. The molecule has 2 amide bonds. The lowest BCUT2D eigenvalue weighted by Crippen LogP contribution is -2.41. The van der Waals surface area contributed by atoms with Gasteiger partial charge in [-0.3, -0.25) is 9.59 Å². The van der Waals surface area contributed by atoms with Gasteiger partial charge in [0.1, 0.15) is 5.75 Å². The molecule has 1 fully saturated rings. The van der Waals surface area contributed by atoms with Gasteiger partial charge in [-0.15, -0.1) is 0 Å². The van der Waals surface area contributed by atoms with E-state index in [4.69, 9.17) is 4.74 Å². The van der Waals surface area contributed by atoms with E-state index in [0.717, 1.165) is 12.2 Å². The summed E-state index contributed by atoms with van der Waals surface area (Å²) >= 11 is 0. The third-order valence-corrected chi connectivity index (χ3v) is 7.81. The summed E-state index contributed by atoms with van der Waals surface area (Å²) in [5, 5.41) is 0. The molecule has 3 aromatic rings. The van der Waals surface area contributed by atoms with Crippen molar-refractivity contribution in [2.24, 2.45) is 11.8 Å². The molecule has 0 aromatic heterocycles. The number of nitrogens with zero attached hydrogens (tertiary/aromatic N) is 1. The lowest BCUT2D eigenvalue weighted by molar-refractivity contribution is -0.122. The Morgan fingerprint density at radius 3 is 1.65 bits per heavy atom. The maximum atomic E-state index is 13.8. The minimum Gasteiger partial charge on any atom is -0.494 e. The summed E-state index contributed by atoms with van der Waals surface area (Å²) in [4.78, 5) is 29.0. The summed E-state index contributed by atoms with van der Waals surface area (Å²) in [6, 6.07) is 24.1. The van der Waals surface area contributed by atoms with Crippen LogP contribution in [0, 0.1) is 11.8 Å². The number of benzene rings is 3. The summed E-state index contributed by atoms with van der Waals surface area (Å²) in [7, 11) is 0. The number of unbranched alkanes of at least 4 members (excludes halogenated alkanes) is 3. The summed E-state index contributed by atoms with van der Waals surface area (Å²) < 4.78 is 5.86. The zero-order valence-electron chi connectivity index (χ0n) is 19.4. The van der Waals surface area contributed by atoms with E-state index in [0.29, 0.717) is 12.3 Å². The Labute approximate surface area is 200 Å². The first-order chi connectivity index (χ1) is 16.7. The number of ether oxygens (including phenoxy) is 1. The van der Waals surface area contributed by atoms with Gasteiger partial charge in [0, 0.05) is 11.8 Å². The molecule has 1 heterocycles. The van der Waals surface area contributed by atoms with Crippen molar-refractivity contribution in [3.63, 3.8) is 0 Å². The van der Waals surface area contributed by atoms with Crippen LogP contribution in [0.5, 0.6) is 5.75 Å². The third-order valence-electron chi connectivity index (χ3n) is 7.81. The van der Waals surface area contributed by atoms with Gasteiger partial charge in [0.15, 0.2) is 0 Å².